The molecule has 1 aliphatic rings. The highest BCUT2D eigenvalue weighted by atomic mass is 16.5. The third-order valence-corrected chi connectivity index (χ3v) is 4.62. The summed E-state index contributed by atoms with van der Waals surface area (Å²) in [6.07, 6.45) is 15.1. The van der Waals surface area contributed by atoms with Crippen molar-refractivity contribution in [3.63, 3.8) is 0 Å². The van der Waals surface area contributed by atoms with E-state index < -0.39 is 0 Å². The van der Waals surface area contributed by atoms with Gasteiger partial charge in [0.15, 0.2) is 0 Å². The van der Waals surface area contributed by atoms with Crippen molar-refractivity contribution in [1.29, 1.82) is 0 Å². The molecule has 1 aromatic carbocycles. The summed E-state index contributed by atoms with van der Waals surface area (Å²) in [5, 5.41) is 0. The van der Waals surface area contributed by atoms with E-state index in [0.717, 1.165) is 31.5 Å². The zero-order valence-electron chi connectivity index (χ0n) is 14.1. The Bertz CT molecular complexity index is 461. The summed E-state index contributed by atoms with van der Waals surface area (Å²) in [4.78, 5) is 0. The van der Waals surface area contributed by atoms with Crippen LogP contribution in [-0.4, -0.2) is 6.61 Å². The lowest BCUT2D eigenvalue weighted by Crippen LogP contribution is -2.11. The maximum absolute atomic E-state index is 5.69. The average Bonchev–Trinajstić information content (AvgIpc) is 2.56. The van der Waals surface area contributed by atoms with Gasteiger partial charge in [0, 0.05) is 0 Å². The molecular weight excluding hydrogens is 268 g/mol. The Morgan fingerprint density at radius 1 is 1.00 bits per heavy atom. The highest BCUT2D eigenvalue weighted by Crippen LogP contribution is 2.36. The second-order valence-corrected chi connectivity index (χ2v) is 6.29. The molecule has 1 aliphatic carbocycles. The van der Waals surface area contributed by atoms with Gasteiger partial charge in [0.2, 0.25) is 0 Å². The van der Waals surface area contributed by atoms with Crippen molar-refractivity contribution in [2.75, 3.05) is 6.61 Å². The van der Waals surface area contributed by atoms with Gasteiger partial charge in [-0.2, -0.15) is 0 Å². The van der Waals surface area contributed by atoms with Gasteiger partial charge in [-0.25, -0.2) is 0 Å². The normalized spacial score (nSPS) is 22.6. The van der Waals surface area contributed by atoms with Crippen molar-refractivity contribution >= 4 is 0 Å². The van der Waals surface area contributed by atoms with E-state index in [1.165, 1.54) is 36.8 Å². The smallest absolute Gasteiger partial charge is 0.0717 e. The van der Waals surface area contributed by atoms with Gasteiger partial charge in [0.1, 0.15) is 0 Å². The van der Waals surface area contributed by atoms with Gasteiger partial charge in [-0.1, -0.05) is 48.6 Å². The van der Waals surface area contributed by atoms with Crippen LogP contribution >= 0.6 is 0 Å². The summed E-state index contributed by atoms with van der Waals surface area (Å²) in [5.41, 5.74) is 2.79. The molecule has 0 heterocycles. The van der Waals surface area contributed by atoms with E-state index in [4.69, 9.17) is 4.74 Å². The second kappa shape index (κ2) is 9.63. The maximum Gasteiger partial charge on any atom is 0.0717 e. The fourth-order valence-corrected chi connectivity index (χ4v) is 3.31. The van der Waals surface area contributed by atoms with E-state index in [9.17, 15) is 0 Å². The van der Waals surface area contributed by atoms with Crippen LogP contribution in [0.2, 0.25) is 0 Å². The number of allylic oxidation sites excluding steroid dienone is 3. The molecule has 0 atom stereocenters. The Balaban J connectivity index is 1.77. The van der Waals surface area contributed by atoms with Gasteiger partial charge in [-0.15, -0.1) is 0 Å². The van der Waals surface area contributed by atoms with Gasteiger partial charge >= 0.3 is 0 Å². The Kier molecular flexibility index (Phi) is 7.45. The fourth-order valence-electron chi connectivity index (χ4n) is 3.31. The van der Waals surface area contributed by atoms with Crippen LogP contribution in [0.5, 0.6) is 0 Å². The molecule has 0 aliphatic heterocycles. The first-order chi connectivity index (χ1) is 10.8. The van der Waals surface area contributed by atoms with Crippen LogP contribution in [0.15, 0.2) is 48.6 Å². The first-order valence-electron chi connectivity index (χ1n) is 8.74. The lowest BCUT2D eigenvalue weighted by atomic mass is 9.78. The molecule has 1 aromatic rings. The summed E-state index contributed by atoms with van der Waals surface area (Å²) in [6, 6.07) is 9.10. The summed E-state index contributed by atoms with van der Waals surface area (Å²) in [7, 11) is 0. The first kappa shape index (κ1) is 17.0. The van der Waals surface area contributed by atoms with Gasteiger partial charge in [0.25, 0.3) is 0 Å². The molecule has 0 amide bonds. The number of ether oxygens (including phenoxy) is 1. The van der Waals surface area contributed by atoms with Gasteiger partial charge in [0.05, 0.1) is 13.2 Å². The van der Waals surface area contributed by atoms with Crippen LogP contribution < -0.4 is 0 Å². The lowest BCUT2D eigenvalue weighted by molar-refractivity contribution is 0.125. The third kappa shape index (κ3) is 5.46. The van der Waals surface area contributed by atoms with Gasteiger partial charge < -0.3 is 4.74 Å². The van der Waals surface area contributed by atoms with Crippen LogP contribution in [0.1, 0.15) is 63.0 Å². The number of rotatable bonds is 7. The maximum atomic E-state index is 5.69. The minimum atomic E-state index is 0.728. The third-order valence-electron chi connectivity index (χ3n) is 4.62. The van der Waals surface area contributed by atoms with Gasteiger partial charge in [-0.05, 0) is 68.9 Å². The zero-order chi connectivity index (χ0) is 15.6. The Hall–Kier alpha value is -1.34. The van der Waals surface area contributed by atoms with Crippen molar-refractivity contribution in [3.8, 4) is 0 Å². The lowest BCUT2D eigenvalue weighted by Gasteiger charge is -2.27. The van der Waals surface area contributed by atoms with E-state index in [1.54, 1.807) is 0 Å². The number of benzene rings is 1. The number of hydrogen-bond donors (Lipinski definition) is 0. The standard InChI is InChI=1S/C21H30O/c1-3-5-6-16-22-17-19-10-14-21(15-11-19)20-12-8-18(7-4-2)9-13-20/h3-5,7,10-11,14-15,18,20H,6,8-9,12-13,16-17H2,1-2H3/b5-3+,7-4-. The molecular formula is C21H30O. The summed E-state index contributed by atoms with van der Waals surface area (Å²) in [5.74, 6) is 1.57. The number of hydrogen-bond acceptors (Lipinski definition) is 1. The van der Waals surface area contributed by atoms with Crippen LogP contribution in [0.4, 0.5) is 0 Å². The van der Waals surface area contributed by atoms with Crippen molar-refractivity contribution < 1.29 is 4.74 Å². The molecule has 0 aromatic heterocycles. The van der Waals surface area contributed by atoms with E-state index in [-0.39, 0.29) is 0 Å². The SMILES string of the molecule is C/C=C\C1CCC(c2ccc(COCC/C=C/C)cc2)CC1. The minimum absolute atomic E-state index is 0.728. The van der Waals surface area contributed by atoms with E-state index in [1.807, 2.05) is 6.92 Å². The monoisotopic (exact) mass is 298 g/mol. The Morgan fingerprint density at radius 2 is 1.73 bits per heavy atom. The van der Waals surface area contributed by atoms with Crippen LogP contribution in [0.3, 0.4) is 0 Å². The fraction of sp³-hybridized carbons (Fsp3) is 0.524. The molecule has 2 rings (SSSR count). The quantitative estimate of drug-likeness (QED) is 0.442. The van der Waals surface area contributed by atoms with Gasteiger partial charge in [-0.3, -0.25) is 0 Å². The molecule has 0 unspecified atom stereocenters. The molecule has 22 heavy (non-hydrogen) atoms. The first-order valence-corrected chi connectivity index (χ1v) is 8.74. The molecule has 0 bridgehead atoms. The highest BCUT2D eigenvalue weighted by molar-refractivity contribution is 5.25. The largest absolute Gasteiger partial charge is 0.376 e. The molecule has 0 saturated heterocycles. The van der Waals surface area contributed by atoms with Crippen molar-refractivity contribution in [2.45, 2.75) is 58.5 Å². The average molecular weight is 298 g/mol. The minimum Gasteiger partial charge on any atom is -0.376 e. The van der Waals surface area contributed by atoms with E-state index in [0.29, 0.717) is 0 Å². The molecule has 0 spiro atoms. The van der Waals surface area contributed by atoms with Crippen molar-refractivity contribution in [2.24, 2.45) is 5.92 Å². The Morgan fingerprint density at radius 3 is 2.36 bits per heavy atom. The highest BCUT2D eigenvalue weighted by Gasteiger charge is 2.20. The van der Waals surface area contributed by atoms with Crippen LogP contribution in [0, 0.1) is 5.92 Å². The topological polar surface area (TPSA) is 9.23 Å². The van der Waals surface area contributed by atoms with Crippen LogP contribution in [0.25, 0.3) is 0 Å². The molecule has 0 radical (unpaired) electrons. The predicted molar refractivity (Wildman–Crippen MR) is 95.0 cm³/mol. The van der Waals surface area contributed by atoms with E-state index in [2.05, 4.69) is 55.5 Å². The van der Waals surface area contributed by atoms with Crippen molar-refractivity contribution in [1.82, 2.24) is 0 Å². The molecule has 1 saturated carbocycles. The molecule has 0 N–H and O–H groups in total. The molecule has 1 heteroatoms. The second-order valence-electron chi connectivity index (χ2n) is 6.29. The Labute approximate surface area is 136 Å². The molecule has 120 valence electrons. The summed E-state index contributed by atoms with van der Waals surface area (Å²) in [6.45, 7) is 5.71. The van der Waals surface area contributed by atoms with Crippen LogP contribution in [-0.2, 0) is 11.3 Å². The molecule has 1 fully saturated rings. The van der Waals surface area contributed by atoms with E-state index >= 15 is 0 Å². The summed E-state index contributed by atoms with van der Waals surface area (Å²) < 4.78 is 5.69. The molecule has 1 nitrogen and oxygen atoms in total. The zero-order valence-corrected chi connectivity index (χ0v) is 14.1. The van der Waals surface area contributed by atoms with Crippen molar-refractivity contribution in [3.05, 3.63) is 59.7 Å². The summed E-state index contributed by atoms with van der Waals surface area (Å²) >= 11 is 0. The predicted octanol–water partition coefficient (Wildman–Crippen LogP) is 6.02.